The minimum Gasteiger partial charge on any atom is -0.489 e. The normalized spacial score (nSPS) is 12.1. The molecule has 0 spiro atoms. The lowest BCUT2D eigenvalue weighted by Gasteiger charge is -2.11. The van der Waals surface area contributed by atoms with Crippen LogP contribution >= 0.6 is 11.6 Å². The Morgan fingerprint density at radius 1 is 1.14 bits per heavy atom. The lowest BCUT2D eigenvalue weighted by atomic mass is 10.2. The molecule has 0 bridgehead atoms. The number of halogens is 1. The predicted molar refractivity (Wildman–Crippen MR) is 85.6 cm³/mol. The molecule has 0 heterocycles. The zero-order chi connectivity index (χ0) is 15.1. The van der Waals surface area contributed by atoms with Crippen molar-refractivity contribution in [2.24, 2.45) is 0 Å². The van der Waals surface area contributed by atoms with E-state index in [-0.39, 0.29) is 12.6 Å². The smallest absolute Gasteiger partial charge is 0.119 e. The van der Waals surface area contributed by atoms with Crippen LogP contribution in [0.5, 0.6) is 5.75 Å². The number of benzene rings is 2. The molecule has 0 saturated carbocycles. The van der Waals surface area contributed by atoms with Gasteiger partial charge in [0, 0.05) is 17.6 Å². The van der Waals surface area contributed by atoms with Crippen LogP contribution in [0, 0.1) is 0 Å². The summed E-state index contributed by atoms with van der Waals surface area (Å²) in [4.78, 5) is 0. The number of hydrogen-bond donors (Lipinski definition) is 2. The van der Waals surface area contributed by atoms with Crippen molar-refractivity contribution < 1.29 is 9.84 Å². The molecule has 21 heavy (non-hydrogen) atoms. The SMILES string of the molecule is CC(CO)NCc1ccc(OCc2cccc(Cl)c2)cc1. The van der Waals surface area contributed by atoms with Crippen LogP contribution in [0.2, 0.25) is 5.02 Å². The molecule has 2 N–H and O–H groups in total. The Labute approximate surface area is 130 Å². The zero-order valence-electron chi connectivity index (χ0n) is 12.1. The van der Waals surface area contributed by atoms with E-state index in [0.717, 1.165) is 28.4 Å². The summed E-state index contributed by atoms with van der Waals surface area (Å²) in [6.07, 6.45) is 0. The van der Waals surface area contributed by atoms with Gasteiger partial charge in [0.05, 0.1) is 6.61 Å². The molecule has 2 aromatic rings. The first-order chi connectivity index (χ1) is 10.2. The Bertz CT molecular complexity index is 557. The summed E-state index contributed by atoms with van der Waals surface area (Å²) in [5.74, 6) is 0.828. The Morgan fingerprint density at radius 3 is 2.57 bits per heavy atom. The molecule has 0 aliphatic carbocycles. The van der Waals surface area contributed by atoms with E-state index in [1.54, 1.807) is 0 Å². The standard InChI is InChI=1S/C17H20ClNO2/c1-13(11-20)19-10-14-5-7-17(8-6-14)21-12-15-3-2-4-16(18)9-15/h2-9,13,19-20H,10-12H2,1H3. The van der Waals surface area contributed by atoms with Crippen LogP contribution in [0.25, 0.3) is 0 Å². The molecule has 0 aliphatic rings. The van der Waals surface area contributed by atoms with E-state index >= 15 is 0 Å². The van der Waals surface area contributed by atoms with Crippen LogP contribution < -0.4 is 10.1 Å². The average Bonchev–Trinajstić information content (AvgIpc) is 2.51. The van der Waals surface area contributed by atoms with Gasteiger partial charge in [-0.15, -0.1) is 0 Å². The molecule has 1 atom stereocenters. The van der Waals surface area contributed by atoms with Crippen molar-refractivity contribution in [1.82, 2.24) is 5.32 Å². The van der Waals surface area contributed by atoms with Crippen LogP contribution in [-0.4, -0.2) is 17.8 Å². The average molecular weight is 306 g/mol. The minimum absolute atomic E-state index is 0.101. The highest BCUT2D eigenvalue weighted by molar-refractivity contribution is 6.30. The quantitative estimate of drug-likeness (QED) is 0.824. The summed E-state index contributed by atoms with van der Waals surface area (Å²) in [6.45, 7) is 3.32. The first-order valence-corrected chi connectivity index (χ1v) is 7.35. The lowest BCUT2D eigenvalue weighted by molar-refractivity contribution is 0.251. The van der Waals surface area contributed by atoms with Gasteiger partial charge in [-0.05, 0) is 42.3 Å². The number of hydrogen-bond acceptors (Lipinski definition) is 3. The van der Waals surface area contributed by atoms with Gasteiger partial charge < -0.3 is 15.2 Å². The van der Waals surface area contributed by atoms with Gasteiger partial charge in [-0.2, -0.15) is 0 Å². The highest BCUT2D eigenvalue weighted by Crippen LogP contribution is 2.16. The molecule has 0 aliphatic heterocycles. The van der Waals surface area contributed by atoms with Gasteiger partial charge in [0.15, 0.2) is 0 Å². The van der Waals surface area contributed by atoms with Gasteiger partial charge in [0.2, 0.25) is 0 Å². The Morgan fingerprint density at radius 2 is 1.90 bits per heavy atom. The van der Waals surface area contributed by atoms with Crippen molar-refractivity contribution >= 4 is 11.6 Å². The largest absolute Gasteiger partial charge is 0.489 e. The van der Waals surface area contributed by atoms with E-state index in [2.05, 4.69) is 5.32 Å². The molecular weight excluding hydrogens is 286 g/mol. The van der Waals surface area contributed by atoms with Crippen LogP contribution in [0.15, 0.2) is 48.5 Å². The summed E-state index contributed by atoms with van der Waals surface area (Å²) in [5, 5.41) is 12.9. The van der Waals surface area contributed by atoms with Gasteiger partial charge in [0.25, 0.3) is 0 Å². The summed E-state index contributed by atoms with van der Waals surface area (Å²) >= 11 is 5.94. The maximum atomic E-state index is 8.96. The maximum absolute atomic E-state index is 8.96. The van der Waals surface area contributed by atoms with E-state index in [0.29, 0.717) is 6.61 Å². The monoisotopic (exact) mass is 305 g/mol. The summed E-state index contributed by atoms with van der Waals surface area (Å²) in [7, 11) is 0. The molecule has 0 radical (unpaired) electrons. The molecule has 3 nitrogen and oxygen atoms in total. The fraction of sp³-hybridized carbons (Fsp3) is 0.294. The molecule has 0 aromatic heterocycles. The third kappa shape index (κ3) is 5.38. The number of aliphatic hydroxyl groups excluding tert-OH is 1. The molecular formula is C17H20ClNO2. The first kappa shape index (κ1) is 15.8. The van der Waals surface area contributed by atoms with Crippen molar-refractivity contribution in [3.8, 4) is 5.75 Å². The number of aliphatic hydroxyl groups is 1. The molecule has 1 unspecified atom stereocenters. The minimum atomic E-state index is 0.101. The highest BCUT2D eigenvalue weighted by atomic mass is 35.5. The second kappa shape index (κ2) is 8.03. The van der Waals surface area contributed by atoms with Crippen LogP contribution in [0.4, 0.5) is 0 Å². The van der Waals surface area contributed by atoms with Crippen molar-refractivity contribution in [2.75, 3.05) is 6.61 Å². The second-order valence-electron chi connectivity index (χ2n) is 5.03. The molecule has 0 fully saturated rings. The third-order valence-electron chi connectivity index (χ3n) is 3.15. The van der Waals surface area contributed by atoms with Gasteiger partial charge >= 0.3 is 0 Å². The van der Waals surface area contributed by atoms with E-state index in [1.807, 2.05) is 55.5 Å². The number of ether oxygens (including phenoxy) is 1. The maximum Gasteiger partial charge on any atom is 0.119 e. The van der Waals surface area contributed by atoms with Crippen LogP contribution in [0.1, 0.15) is 18.1 Å². The number of nitrogens with one attached hydrogen (secondary N) is 1. The molecule has 0 amide bonds. The molecule has 2 rings (SSSR count). The Balaban J connectivity index is 1.85. The predicted octanol–water partition coefficient (Wildman–Crippen LogP) is 3.39. The summed E-state index contributed by atoms with van der Waals surface area (Å²) < 4.78 is 5.73. The topological polar surface area (TPSA) is 41.5 Å². The fourth-order valence-electron chi connectivity index (χ4n) is 1.85. The van der Waals surface area contributed by atoms with Gasteiger partial charge in [0.1, 0.15) is 12.4 Å². The van der Waals surface area contributed by atoms with Gasteiger partial charge in [-0.3, -0.25) is 0 Å². The van der Waals surface area contributed by atoms with E-state index in [4.69, 9.17) is 21.4 Å². The summed E-state index contributed by atoms with van der Waals surface area (Å²) in [6, 6.07) is 15.7. The van der Waals surface area contributed by atoms with Gasteiger partial charge in [-0.25, -0.2) is 0 Å². The molecule has 112 valence electrons. The highest BCUT2D eigenvalue weighted by Gasteiger charge is 2.01. The van der Waals surface area contributed by atoms with E-state index in [9.17, 15) is 0 Å². The van der Waals surface area contributed by atoms with E-state index < -0.39 is 0 Å². The van der Waals surface area contributed by atoms with E-state index in [1.165, 1.54) is 0 Å². The lowest BCUT2D eigenvalue weighted by Crippen LogP contribution is -2.28. The number of rotatable bonds is 7. The third-order valence-corrected chi connectivity index (χ3v) is 3.38. The zero-order valence-corrected chi connectivity index (χ0v) is 12.8. The summed E-state index contributed by atoms with van der Waals surface area (Å²) in [5.41, 5.74) is 2.20. The van der Waals surface area contributed by atoms with Gasteiger partial charge in [-0.1, -0.05) is 35.9 Å². The Hall–Kier alpha value is -1.55. The molecule has 2 aromatic carbocycles. The second-order valence-corrected chi connectivity index (χ2v) is 5.46. The van der Waals surface area contributed by atoms with Crippen molar-refractivity contribution in [1.29, 1.82) is 0 Å². The van der Waals surface area contributed by atoms with Crippen LogP contribution in [-0.2, 0) is 13.2 Å². The van der Waals surface area contributed by atoms with Crippen molar-refractivity contribution in [2.45, 2.75) is 26.1 Å². The van der Waals surface area contributed by atoms with Crippen molar-refractivity contribution in [3.63, 3.8) is 0 Å². The van der Waals surface area contributed by atoms with Crippen LogP contribution in [0.3, 0.4) is 0 Å². The Kier molecular flexibility index (Phi) is 6.05. The van der Waals surface area contributed by atoms with Crippen molar-refractivity contribution in [3.05, 3.63) is 64.7 Å². The first-order valence-electron chi connectivity index (χ1n) is 6.98. The fourth-order valence-corrected chi connectivity index (χ4v) is 2.07. The molecule has 4 heteroatoms. The molecule has 0 saturated heterocycles.